The molecule has 0 bridgehead atoms. The van der Waals surface area contributed by atoms with Crippen molar-refractivity contribution in [2.24, 2.45) is 0 Å². The topological polar surface area (TPSA) is 48.5 Å². The highest BCUT2D eigenvalue weighted by Crippen LogP contribution is 2.48. The molecule has 8 heteroatoms. The highest BCUT2D eigenvalue weighted by atomic mass is 19.1. The van der Waals surface area contributed by atoms with Gasteiger partial charge in [0.1, 0.15) is 17.5 Å². The van der Waals surface area contributed by atoms with E-state index in [1.54, 1.807) is 76.5 Å². The van der Waals surface area contributed by atoms with Crippen molar-refractivity contribution in [3.63, 3.8) is 0 Å². The molecule has 5 nitrogen and oxygen atoms in total. The normalized spacial score (nSPS) is 11.2. The Bertz CT molecular complexity index is 3780. The lowest BCUT2D eigenvalue weighted by atomic mass is 9.85. The zero-order valence-electron chi connectivity index (χ0n) is 39.1. The predicted molar refractivity (Wildman–Crippen MR) is 287 cm³/mol. The third-order valence-corrected chi connectivity index (χ3v) is 13.3. The molecule has 0 N–H and O–H groups in total. The summed E-state index contributed by atoms with van der Waals surface area (Å²) in [6.07, 6.45) is 8.69. The average molecular weight is 950 g/mol. The van der Waals surface area contributed by atoms with E-state index in [1.165, 1.54) is 0 Å². The van der Waals surface area contributed by atoms with Crippen molar-refractivity contribution in [2.45, 2.75) is 0 Å². The zero-order chi connectivity index (χ0) is 49.3. The van der Waals surface area contributed by atoms with Gasteiger partial charge in [-0.2, -0.15) is 10.2 Å². The number of para-hydroxylation sites is 2. The second kappa shape index (κ2) is 19.3. The van der Waals surface area contributed by atoms with Crippen LogP contribution in [0.4, 0.5) is 13.2 Å². The van der Waals surface area contributed by atoms with E-state index >= 15 is 13.2 Å². The third kappa shape index (κ3) is 8.51. The lowest BCUT2D eigenvalue weighted by Crippen LogP contribution is -2.05. The molecule has 12 rings (SSSR count). The van der Waals surface area contributed by atoms with Crippen LogP contribution in [0.3, 0.4) is 0 Å². The quantitative estimate of drug-likeness (QED) is 0.130. The van der Waals surface area contributed by atoms with Gasteiger partial charge in [-0.3, -0.25) is 4.98 Å². The van der Waals surface area contributed by atoms with Gasteiger partial charge in [-0.15, -0.1) is 0 Å². The molecule has 0 radical (unpaired) electrons. The number of pyridine rings is 1. The highest BCUT2D eigenvalue weighted by Gasteiger charge is 2.31. The minimum atomic E-state index is -1.04. The second-order valence-electron chi connectivity index (χ2n) is 17.7. The Morgan fingerprint density at radius 2 is 0.630 bits per heavy atom. The van der Waals surface area contributed by atoms with Crippen LogP contribution in [0, 0.1) is 17.5 Å². The van der Waals surface area contributed by atoms with Gasteiger partial charge in [0.15, 0.2) is 0 Å². The largest absolute Gasteiger partial charge is 0.256 e. The van der Waals surface area contributed by atoms with E-state index in [9.17, 15) is 0 Å². The molecule has 0 atom stereocenters. The Kier molecular flexibility index (Phi) is 11.8. The summed E-state index contributed by atoms with van der Waals surface area (Å²) in [5.74, 6) is -3.12. The zero-order valence-corrected chi connectivity index (χ0v) is 39.1. The van der Waals surface area contributed by atoms with Gasteiger partial charge in [0.2, 0.25) is 0 Å². The Labute approximate surface area is 420 Å². The lowest BCUT2D eigenvalue weighted by molar-refractivity contribution is 0.557. The van der Waals surface area contributed by atoms with Gasteiger partial charge in [-0.1, -0.05) is 188 Å². The molecule has 3 aromatic heterocycles. The van der Waals surface area contributed by atoms with E-state index in [1.807, 2.05) is 140 Å². The van der Waals surface area contributed by atoms with Crippen molar-refractivity contribution in [1.29, 1.82) is 0 Å². The minimum Gasteiger partial charge on any atom is -0.256 e. The molecule has 348 valence electrons. The van der Waals surface area contributed by atoms with Crippen LogP contribution < -0.4 is 0 Å². The van der Waals surface area contributed by atoms with E-state index in [2.05, 4.69) is 58.7 Å². The molecule has 9 aromatic carbocycles. The molecule has 0 fully saturated rings. The highest BCUT2D eigenvalue weighted by molar-refractivity contribution is 5.95. The Balaban J connectivity index is 0.987. The van der Waals surface area contributed by atoms with E-state index in [-0.39, 0.29) is 33.4 Å². The maximum absolute atomic E-state index is 18.2. The maximum Gasteiger partial charge on any atom is 0.144 e. The monoisotopic (exact) mass is 949 g/mol. The number of halogens is 3. The first-order valence-electron chi connectivity index (χ1n) is 23.9. The molecule has 0 saturated heterocycles. The van der Waals surface area contributed by atoms with Crippen molar-refractivity contribution >= 4 is 0 Å². The summed E-state index contributed by atoms with van der Waals surface area (Å²) in [5, 5.41) is 9.22. The maximum atomic E-state index is 18.2. The fourth-order valence-corrected chi connectivity index (χ4v) is 9.67. The molecular weight excluding hydrogens is 908 g/mol. The summed E-state index contributed by atoms with van der Waals surface area (Å²) >= 11 is 0. The number of rotatable bonds is 11. The van der Waals surface area contributed by atoms with Crippen LogP contribution in [-0.4, -0.2) is 24.5 Å². The number of benzene rings is 9. The number of nitrogens with zero attached hydrogens (tertiary/aromatic N) is 5. The van der Waals surface area contributed by atoms with Gasteiger partial charge in [0.05, 0.1) is 46.2 Å². The van der Waals surface area contributed by atoms with Gasteiger partial charge in [-0.25, -0.2) is 22.5 Å². The molecule has 0 aliphatic carbocycles. The van der Waals surface area contributed by atoms with Gasteiger partial charge in [0, 0.05) is 40.8 Å². The Hall–Kier alpha value is -9.66. The molecule has 0 saturated carbocycles. The van der Waals surface area contributed by atoms with Crippen molar-refractivity contribution in [2.75, 3.05) is 0 Å². The molecule has 73 heavy (non-hydrogen) atoms. The van der Waals surface area contributed by atoms with Gasteiger partial charge in [0.25, 0.3) is 0 Å². The Morgan fingerprint density at radius 1 is 0.274 bits per heavy atom. The lowest BCUT2D eigenvalue weighted by Gasteiger charge is -2.21. The van der Waals surface area contributed by atoms with E-state index in [0.29, 0.717) is 33.4 Å². The number of aromatic nitrogens is 5. The summed E-state index contributed by atoms with van der Waals surface area (Å²) in [4.78, 5) is 4.91. The van der Waals surface area contributed by atoms with E-state index in [4.69, 9.17) is 4.98 Å². The van der Waals surface area contributed by atoms with Crippen LogP contribution in [-0.2, 0) is 0 Å². The van der Waals surface area contributed by atoms with Gasteiger partial charge in [-0.05, 0) is 92.0 Å². The summed E-state index contributed by atoms with van der Waals surface area (Å²) in [5.41, 5.74) is 10.7. The standard InChI is InChI=1S/C65H42F3N5/c66-63-60(56-28-13-10-25-53(56)48-35-36-59(69-38-48)47-20-16-19-46(37-47)45-33-31-44(32-34-45)43-17-4-1-5-18-43)64(67)62(58-30-15-12-27-55(58)50-40-71-73(42-50)52-23-8-3-9-24-52)65(68)61(63)57-29-14-11-26-54(57)49-39-70-72(41-49)51-21-6-2-7-22-51/h1-42H. The summed E-state index contributed by atoms with van der Waals surface area (Å²) in [6.45, 7) is 0. The Morgan fingerprint density at radius 3 is 1.08 bits per heavy atom. The summed E-state index contributed by atoms with van der Waals surface area (Å²) < 4.78 is 57.9. The van der Waals surface area contributed by atoms with Crippen molar-refractivity contribution < 1.29 is 13.2 Å². The average Bonchev–Trinajstić information content (AvgIpc) is 4.17. The minimum absolute atomic E-state index is 0.235. The summed E-state index contributed by atoms with van der Waals surface area (Å²) in [6, 6.07) is 71.0. The van der Waals surface area contributed by atoms with E-state index < -0.39 is 17.5 Å². The molecule has 0 aliphatic rings. The first-order chi connectivity index (χ1) is 36.0. The second-order valence-corrected chi connectivity index (χ2v) is 17.7. The van der Waals surface area contributed by atoms with Crippen LogP contribution in [0.2, 0.25) is 0 Å². The molecule has 0 amide bonds. The van der Waals surface area contributed by atoms with Crippen molar-refractivity contribution in [1.82, 2.24) is 24.5 Å². The first kappa shape index (κ1) is 44.5. The van der Waals surface area contributed by atoms with Crippen molar-refractivity contribution in [3.8, 4) is 112 Å². The number of hydrogen-bond acceptors (Lipinski definition) is 3. The van der Waals surface area contributed by atoms with Crippen LogP contribution in [0.1, 0.15) is 0 Å². The van der Waals surface area contributed by atoms with Crippen molar-refractivity contribution in [3.05, 3.63) is 273 Å². The molecule has 0 unspecified atom stereocenters. The van der Waals surface area contributed by atoms with Crippen LogP contribution in [0.15, 0.2) is 255 Å². The first-order valence-corrected chi connectivity index (χ1v) is 23.9. The predicted octanol–water partition coefficient (Wildman–Crippen LogP) is 16.9. The van der Waals surface area contributed by atoms with Gasteiger partial charge < -0.3 is 0 Å². The smallest absolute Gasteiger partial charge is 0.144 e. The van der Waals surface area contributed by atoms with E-state index in [0.717, 1.165) is 44.9 Å². The molecule has 0 spiro atoms. The van der Waals surface area contributed by atoms with Gasteiger partial charge >= 0.3 is 0 Å². The fraction of sp³-hybridized carbons (Fsp3) is 0. The number of hydrogen-bond donors (Lipinski definition) is 0. The SMILES string of the molecule is Fc1c(-c2ccccc2-c2ccc(-c3cccc(-c4ccc(-c5ccccc5)cc4)c3)nc2)c(F)c(-c2ccccc2-c2cnn(-c3ccccc3)c2)c(F)c1-c1ccccc1-c1cnn(-c2ccccc2)c1. The van der Waals surface area contributed by atoms with Crippen LogP contribution in [0.5, 0.6) is 0 Å². The molecular formula is C65H42F3N5. The molecule has 3 heterocycles. The summed E-state index contributed by atoms with van der Waals surface area (Å²) in [7, 11) is 0. The fourth-order valence-electron chi connectivity index (χ4n) is 9.67. The molecule has 12 aromatic rings. The third-order valence-electron chi connectivity index (χ3n) is 13.3. The van der Waals surface area contributed by atoms with Crippen LogP contribution in [0.25, 0.3) is 112 Å². The molecule has 0 aliphatic heterocycles. The van der Waals surface area contributed by atoms with Crippen LogP contribution >= 0.6 is 0 Å².